The van der Waals surface area contributed by atoms with Crippen LogP contribution in [0.5, 0.6) is 0 Å². The first kappa shape index (κ1) is 20.4. The lowest BCUT2D eigenvalue weighted by Crippen LogP contribution is -2.29. The molecule has 1 fully saturated rings. The normalized spacial score (nSPS) is 17.6. The molecule has 1 saturated heterocycles. The number of carbonyl (C=O) groups is 2. The Labute approximate surface area is 184 Å². The van der Waals surface area contributed by atoms with Gasteiger partial charge in [-0.3, -0.25) is 14.5 Å². The first-order chi connectivity index (χ1) is 14.9. The summed E-state index contributed by atoms with van der Waals surface area (Å²) in [6.45, 7) is 1.88. The number of nitriles is 1. The van der Waals surface area contributed by atoms with Crippen molar-refractivity contribution in [2.45, 2.75) is 13.0 Å². The summed E-state index contributed by atoms with van der Waals surface area (Å²) in [6, 6.07) is 21.5. The van der Waals surface area contributed by atoms with E-state index in [0.29, 0.717) is 21.8 Å². The van der Waals surface area contributed by atoms with Gasteiger partial charge in [0.2, 0.25) is 0 Å². The highest BCUT2D eigenvalue weighted by Crippen LogP contribution is 2.43. The molecule has 0 radical (unpaired) electrons. The Hall–Kier alpha value is -3.88. The van der Waals surface area contributed by atoms with E-state index in [0.717, 1.165) is 11.1 Å². The molecule has 0 aliphatic carbocycles. The molecule has 1 aliphatic heterocycles. The highest BCUT2D eigenvalue weighted by Gasteiger charge is 2.47. The summed E-state index contributed by atoms with van der Waals surface area (Å²) < 4.78 is 0. The van der Waals surface area contributed by atoms with Crippen LogP contribution in [0.4, 0.5) is 5.69 Å². The third-order valence-electron chi connectivity index (χ3n) is 5.30. The van der Waals surface area contributed by atoms with Crippen LogP contribution in [-0.4, -0.2) is 16.8 Å². The lowest BCUT2D eigenvalue weighted by molar-refractivity contribution is -0.132. The number of aliphatic hydroxyl groups excluding tert-OH is 1. The number of aliphatic hydroxyl groups is 1. The van der Waals surface area contributed by atoms with E-state index >= 15 is 0 Å². The molecule has 31 heavy (non-hydrogen) atoms. The second-order valence-electron chi connectivity index (χ2n) is 7.19. The Balaban J connectivity index is 1.97. The van der Waals surface area contributed by atoms with Crippen LogP contribution in [-0.2, 0) is 9.59 Å². The van der Waals surface area contributed by atoms with Gasteiger partial charge in [-0.1, -0.05) is 48.0 Å². The van der Waals surface area contributed by atoms with Gasteiger partial charge in [-0.2, -0.15) is 5.26 Å². The molecule has 0 bridgehead atoms. The van der Waals surface area contributed by atoms with E-state index in [4.69, 9.17) is 16.9 Å². The van der Waals surface area contributed by atoms with E-state index in [9.17, 15) is 14.7 Å². The average molecular weight is 429 g/mol. The topological polar surface area (TPSA) is 81.4 Å². The molecular weight excluding hydrogens is 412 g/mol. The molecule has 0 spiro atoms. The van der Waals surface area contributed by atoms with Gasteiger partial charge < -0.3 is 5.11 Å². The molecule has 1 amide bonds. The summed E-state index contributed by atoms with van der Waals surface area (Å²) in [5.41, 5.74) is 2.82. The van der Waals surface area contributed by atoms with Crippen molar-refractivity contribution in [1.29, 1.82) is 5.26 Å². The van der Waals surface area contributed by atoms with Crippen LogP contribution in [0.15, 0.2) is 78.4 Å². The summed E-state index contributed by atoms with van der Waals surface area (Å²) in [4.78, 5) is 27.6. The van der Waals surface area contributed by atoms with Gasteiger partial charge in [0.1, 0.15) is 5.76 Å². The SMILES string of the molecule is Cc1ccccc1C1/C(=C(\O)c2cccc(Cl)c2)C(=O)C(=O)N1c1ccc(C#N)cc1. The smallest absolute Gasteiger partial charge is 0.300 e. The molecule has 0 aromatic heterocycles. The molecule has 1 unspecified atom stereocenters. The van der Waals surface area contributed by atoms with Crippen LogP contribution in [0.1, 0.15) is 28.3 Å². The van der Waals surface area contributed by atoms with Gasteiger partial charge in [-0.25, -0.2) is 0 Å². The minimum atomic E-state index is -0.826. The Kier molecular flexibility index (Phi) is 5.33. The Morgan fingerprint density at radius 2 is 1.74 bits per heavy atom. The number of ketones is 1. The molecule has 1 heterocycles. The number of halogens is 1. The first-order valence-corrected chi connectivity index (χ1v) is 9.93. The molecule has 0 saturated carbocycles. The number of carbonyl (C=O) groups excluding carboxylic acids is 2. The molecule has 152 valence electrons. The van der Waals surface area contributed by atoms with Gasteiger partial charge in [-0.05, 0) is 54.4 Å². The van der Waals surface area contributed by atoms with Crippen molar-refractivity contribution >= 4 is 34.7 Å². The van der Waals surface area contributed by atoms with Crippen LogP contribution < -0.4 is 4.90 Å². The fourth-order valence-corrected chi connectivity index (χ4v) is 3.96. The van der Waals surface area contributed by atoms with Crippen molar-refractivity contribution in [1.82, 2.24) is 0 Å². The first-order valence-electron chi connectivity index (χ1n) is 9.55. The van der Waals surface area contributed by atoms with E-state index in [1.807, 2.05) is 37.3 Å². The molecule has 3 aromatic carbocycles. The van der Waals surface area contributed by atoms with Crippen molar-refractivity contribution in [3.05, 3.63) is 106 Å². The van der Waals surface area contributed by atoms with Gasteiger partial charge in [0.05, 0.1) is 23.2 Å². The van der Waals surface area contributed by atoms with Crippen molar-refractivity contribution < 1.29 is 14.7 Å². The fourth-order valence-electron chi connectivity index (χ4n) is 3.77. The molecular formula is C25H17ClN2O3. The summed E-state index contributed by atoms with van der Waals surface area (Å²) in [5.74, 6) is -1.82. The number of aryl methyl sites for hydroxylation is 1. The number of hydrogen-bond acceptors (Lipinski definition) is 4. The fraction of sp³-hybridized carbons (Fsp3) is 0.0800. The zero-order valence-corrected chi connectivity index (χ0v) is 17.3. The van der Waals surface area contributed by atoms with Gasteiger partial charge in [-0.15, -0.1) is 0 Å². The number of Topliss-reactive ketones (excluding diaryl/α,β-unsaturated/α-hetero) is 1. The predicted octanol–water partition coefficient (Wildman–Crippen LogP) is 5.15. The summed E-state index contributed by atoms with van der Waals surface area (Å²) in [6.07, 6.45) is 0. The number of rotatable bonds is 3. The maximum absolute atomic E-state index is 13.1. The van der Waals surface area contributed by atoms with Gasteiger partial charge >= 0.3 is 0 Å². The van der Waals surface area contributed by atoms with Gasteiger partial charge in [0.15, 0.2) is 0 Å². The summed E-state index contributed by atoms with van der Waals surface area (Å²) in [5, 5.41) is 20.6. The van der Waals surface area contributed by atoms with Gasteiger partial charge in [0.25, 0.3) is 11.7 Å². The van der Waals surface area contributed by atoms with E-state index < -0.39 is 17.7 Å². The Morgan fingerprint density at radius 3 is 2.39 bits per heavy atom. The van der Waals surface area contributed by atoms with Crippen LogP contribution >= 0.6 is 11.6 Å². The van der Waals surface area contributed by atoms with Crippen molar-refractivity contribution in [3.63, 3.8) is 0 Å². The molecule has 6 heteroatoms. The van der Waals surface area contributed by atoms with Crippen molar-refractivity contribution in [3.8, 4) is 6.07 Å². The van der Waals surface area contributed by atoms with E-state index in [-0.39, 0.29) is 11.3 Å². The maximum atomic E-state index is 13.1. The van der Waals surface area contributed by atoms with Crippen LogP contribution in [0.3, 0.4) is 0 Å². The Morgan fingerprint density at radius 1 is 1.03 bits per heavy atom. The number of amides is 1. The third kappa shape index (κ3) is 3.58. The average Bonchev–Trinajstić information content (AvgIpc) is 3.04. The minimum Gasteiger partial charge on any atom is -0.507 e. The number of anilines is 1. The summed E-state index contributed by atoms with van der Waals surface area (Å²) in [7, 11) is 0. The Bertz CT molecular complexity index is 1270. The number of nitrogens with zero attached hydrogens (tertiary/aromatic N) is 2. The summed E-state index contributed by atoms with van der Waals surface area (Å²) >= 11 is 6.07. The zero-order valence-electron chi connectivity index (χ0n) is 16.5. The van der Waals surface area contributed by atoms with Crippen LogP contribution in [0, 0.1) is 18.3 Å². The second-order valence-corrected chi connectivity index (χ2v) is 7.63. The number of hydrogen-bond donors (Lipinski definition) is 1. The highest BCUT2D eigenvalue weighted by atomic mass is 35.5. The number of benzene rings is 3. The van der Waals surface area contributed by atoms with E-state index in [1.54, 1.807) is 48.5 Å². The zero-order chi connectivity index (χ0) is 22.1. The third-order valence-corrected chi connectivity index (χ3v) is 5.54. The monoisotopic (exact) mass is 428 g/mol. The van der Waals surface area contributed by atoms with Gasteiger partial charge in [0, 0.05) is 16.3 Å². The lowest BCUT2D eigenvalue weighted by Gasteiger charge is -2.26. The minimum absolute atomic E-state index is 0.00840. The standard InChI is InChI=1S/C25H17ClN2O3/c1-15-5-2-3-8-20(15)22-21(23(29)17-6-4-7-18(26)13-17)24(30)25(31)28(22)19-11-9-16(14-27)10-12-19/h2-13,22,29H,1H3/b23-21+. The largest absolute Gasteiger partial charge is 0.507 e. The lowest BCUT2D eigenvalue weighted by atomic mass is 9.92. The van der Waals surface area contributed by atoms with E-state index in [1.165, 1.54) is 4.90 Å². The second kappa shape index (κ2) is 8.10. The molecule has 3 aromatic rings. The predicted molar refractivity (Wildman–Crippen MR) is 119 cm³/mol. The van der Waals surface area contributed by atoms with E-state index in [2.05, 4.69) is 0 Å². The van der Waals surface area contributed by atoms with Crippen LogP contribution in [0.2, 0.25) is 5.02 Å². The molecule has 4 rings (SSSR count). The van der Waals surface area contributed by atoms with Crippen LogP contribution in [0.25, 0.3) is 5.76 Å². The molecule has 1 N–H and O–H groups in total. The molecule has 1 atom stereocenters. The van der Waals surface area contributed by atoms with Crippen molar-refractivity contribution in [2.24, 2.45) is 0 Å². The molecule has 1 aliphatic rings. The molecule has 5 nitrogen and oxygen atoms in total. The quantitative estimate of drug-likeness (QED) is 0.355. The van der Waals surface area contributed by atoms with Crippen molar-refractivity contribution in [2.75, 3.05) is 4.90 Å². The highest BCUT2D eigenvalue weighted by molar-refractivity contribution is 6.51. The maximum Gasteiger partial charge on any atom is 0.300 e.